The van der Waals surface area contributed by atoms with Gasteiger partial charge in [-0.25, -0.2) is 8.42 Å². The van der Waals surface area contributed by atoms with E-state index in [1.54, 1.807) is 57.2 Å². The summed E-state index contributed by atoms with van der Waals surface area (Å²) in [5, 5.41) is 2.75. The highest BCUT2D eigenvalue weighted by Gasteiger charge is 2.35. The van der Waals surface area contributed by atoms with Crippen LogP contribution in [-0.4, -0.2) is 43.8 Å². The lowest BCUT2D eigenvalue weighted by atomic mass is 10.1. The molecule has 0 saturated carbocycles. The molecule has 7 nitrogen and oxygen atoms in total. The van der Waals surface area contributed by atoms with Crippen LogP contribution in [0.3, 0.4) is 0 Å². The molecule has 3 aromatic carbocycles. The highest BCUT2D eigenvalue weighted by Crippen LogP contribution is 2.33. The average molecular weight is 655 g/mol. The van der Waals surface area contributed by atoms with Gasteiger partial charge in [0, 0.05) is 17.1 Å². The van der Waals surface area contributed by atoms with E-state index in [-0.39, 0.29) is 23.2 Å². The maximum atomic E-state index is 13.9. The molecule has 0 radical (unpaired) electrons. The third-order valence-electron chi connectivity index (χ3n) is 6.21. The number of hydrogen-bond donors (Lipinski definition) is 1. The molecule has 0 fully saturated rings. The van der Waals surface area contributed by atoms with Gasteiger partial charge < -0.3 is 10.2 Å². The number of benzene rings is 3. The van der Waals surface area contributed by atoms with Crippen LogP contribution in [0.5, 0.6) is 0 Å². The Labute approximate surface area is 246 Å². The van der Waals surface area contributed by atoms with Gasteiger partial charge in [0.1, 0.15) is 12.6 Å². The third kappa shape index (κ3) is 8.32. The summed E-state index contributed by atoms with van der Waals surface area (Å²) in [5.41, 5.74) is 0.0358. The van der Waals surface area contributed by atoms with E-state index in [1.165, 1.54) is 30.0 Å². The molecule has 41 heavy (non-hydrogen) atoms. The first kappa shape index (κ1) is 32.1. The van der Waals surface area contributed by atoms with Gasteiger partial charge >= 0.3 is 6.18 Å². The smallest absolute Gasteiger partial charge is 0.352 e. The Morgan fingerprint density at radius 1 is 0.951 bits per heavy atom. The van der Waals surface area contributed by atoms with Crippen molar-refractivity contribution in [1.29, 1.82) is 0 Å². The van der Waals surface area contributed by atoms with E-state index < -0.39 is 46.2 Å². The SMILES string of the molecule is Cc1ccc(S(=O)(=O)N(CC(=O)N(Cc2ccc(Br)cc2)[C@H](C)C(=O)NC(C)C)c2cccc(C(F)(F)F)c2)cc1. The van der Waals surface area contributed by atoms with Crippen molar-refractivity contribution in [2.75, 3.05) is 10.8 Å². The molecule has 2 amide bonds. The number of amides is 2. The topological polar surface area (TPSA) is 86.8 Å². The number of carbonyl (C=O) groups excluding carboxylic acids is 2. The Balaban J connectivity index is 2.09. The molecule has 3 aromatic rings. The fraction of sp³-hybridized carbons (Fsp3) is 0.310. The summed E-state index contributed by atoms with van der Waals surface area (Å²) >= 11 is 3.35. The average Bonchev–Trinajstić information content (AvgIpc) is 2.90. The minimum absolute atomic E-state index is 0.0419. The second-order valence-electron chi connectivity index (χ2n) is 9.86. The summed E-state index contributed by atoms with van der Waals surface area (Å²) < 4.78 is 69.7. The highest BCUT2D eigenvalue weighted by molar-refractivity contribution is 9.10. The molecule has 0 unspecified atom stereocenters. The van der Waals surface area contributed by atoms with Crippen LogP contribution in [0.4, 0.5) is 18.9 Å². The lowest BCUT2D eigenvalue weighted by Crippen LogP contribution is -2.52. The molecule has 3 rings (SSSR count). The zero-order valence-electron chi connectivity index (χ0n) is 22.9. The summed E-state index contributed by atoms with van der Waals surface area (Å²) in [4.78, 5) is 27.8. The molecule has 0 aliphatic carbocycles. The van der Waals surface area contributed by atoms with Gasteiger partial charge in [0.25, 0.3) is 10.0 Å². The molecule has 220 valence electrons. The fourth-order valence-electron chi connectivity index (χ4n) is 3.98. The summed E-state index contributed by atoms with van der Waals surface area (Å²) in [5.74, 6) is -1.23. The summed E-state index contributed by atoms with van der Waals surface area (Å²) in [6.45, 7) is 5.91. The van der Waals surface area contributed by atoms with Gasteiger partial charge in [-0.1, -0.05) is 51.8 Å². The van der Waals surface area contributed by atoms with Crippen molar-refractivity contribution in [3.63, 3.8) is 0 Å². The normalized spacial score (nSPS) is 12.6. The van der Waals surface area contributed by atoms with Crippen LogP contribution in [0, 0.1) is 6.92 Å². The fourth-order valence-corrected chi connectivity index (χ4v) is 5.65. The number of alkyl halides is 3. The van der Waals surface area contributed by atoms with E-state index >= 15 is 0 Å². The van der Waals surface area contributed by atoms with Gasteiger partial charge in [-0.2, -0.15) is 13.2 Å². The number of halogens is 4. The van der Waals surface area contributed by atoms with Crippen LogP contribution in [0.25, 0.3) is 0 Å². The zero-order valence-corrected chi connectivity index (χ0v) is 25.3. The monoisotopic (exact) mass is 653 g/mol. The predicted octanol–water partition coefficient (Wildman–Crippen LogP) is 5.91. The Bertz CT molecular complexity index is 1480. The van der Waals surface area contributed by atoms with E-state index in [0.29, 0.717) is 15.9 Å². The first-order chi connectivity index (χ1) is 19.1. The van der Waals surface area contributed by atoms with Crippen LogP contribution < -0.4 is 9.62 Å². The van der Waals surface area contributed by atoms with Gasteiger partial charge in [0.2, 0.25) is 11.8 Å². The molecule has 0 spiro atoms. The molecule has 0 bridgehead atoms. The van der Waals surface area contributed by atoms with Crippen molar-refractivity contribution in [3.05, 3.63) is 94.0 Å². The summed E-state index contributed by atoms with van der Waals surface area (Å²) in [6.07, 6.45) is -4.74. The lowest BCUT2D eigenvalue weighted by Gasteiger charge is -2.32. The number of anilines is 1. The third-order valence-corrected chi connectivity index (χ3v) is 8.53. The molecule has 1 N–H and O–H groups in total. The van der Waals surface area contributed by atoms with Gasteiger partial charge in [0.15, 0.2) is 0 Å². The van der Waals surface area contributed by atoms with Gasteiger partial charge in [-0.05, 0) is 75.7 Å². The van der Waals surface area contributed by atoms with Crippen molar-refractivity contribution in [1.82, 2.24) is 10.2 Å². The number of nitrogens with zero attached hydrogens (tertiary/aromatic N) is 2. The number of aryl methyl sites for hydroxylation is 1. The van der Waals surface area contributed by atoms with Crippen molar-refractivity contribution in [2.24, 2.45) is 0 Å². The maximum absolute atomic E-state index is 13.9. The molecular weight excluding hydrogens is 623 g/mol. The minimum atomic E-state index is -4.74. The van der Waals surface area contributed by atoms with E-state index in [0.717, 1.165) is 22.2 Å². The second-order valence-corrected chi connectivity index (χ2v) is 12.6. The van der Waals surface area contributed by atoms with E-state index in [2.05, 4.69) is 21.2 Å². The molecule has 0 aromatic heterocycles. The van der Waals surface area contributed by atoms with Crippen molar-refractivity contribution in [2.45, 2.75) is 57.4 Å². The first-order valence-electron chi connectivity index (χ1n) is 12.7. The standard InChI is InChI=1S/C29H31BrF3N3O4S/c1-19(2)34-28(38)21(4)35(17-22-10-12-24(30)13-11-22)27(37)18-36(25-7-5-6-23(16-25)29(31,32)33)41(39,40)26-14-8-20(3)9-15-26/h5-16,19,21H,17-18H2,1-4H3,(H,34,38)/t21-/m1/s1. The van der Waals surface area contributed by atoms with Crippen LogP contribution in [0.1, 0.15) is 37.5 Å². The van der Waals surface area contributed by atoms with E-state index in [1.807, 2.05) is 0 Å². The van der Waals surface area contributed by atoms with Crippen molar-refractivity contribution < 1.29 is 31.2 Å². The molecular formula is C29H31BrF3N3O4S. The molecule has 1 atom stereocenters. The molecule has 12 heteroatoms. The van der Waals surface area contributed by atoms with Gasteiger partial charge in [0.05, 0.1) is 16.1 Å². The predicted molar refractivity (Wildman–Crippen MR) is 155 cm³/mol. The summed E-state index contributed by atoms with van der Waals surface area (Å²) in [7, 11) is -4.49. The Morgan fingerprint density at radius 2 is 1.56 bits per heavy atom. The van der Waals surface area contributed by atoms with Crippen molar-refractivity contribution in [3.8, 4) is 0 Å². The van der Waals surface area contributed by atoms with Crippen molar-refractivity contribution >= 4 is 43.5 Å². The molecule has 0 heterocycles. The van der Waals surface area contributed by atoms with Gasteiger partial charge in [-0.15, -0.1) is 0 Å². The number of hydrogen-bond acceptors (Lipinski definition) is 4. The Hall–Kier alpha value is -3.38. The van der Waals surface area contributed by atoms with Crippen LogP contribution in [-0.2, 0) is 32.3 Å². The van der Waals surface area contributed by atoms with Crippen LogP contribution in [0.2, 0.25) is 0 Å². The van der Waals surface area contributed by atoms with Crippen LogP contribution >= 0.6 is 15.9 Å². The minimum Gasteiger partial charge on any atom is -0.352 e. The number of sulfonamides is 1. The second kappa shape index (κ2) is 13.1. The van der Waals surface area contributed by atoms with Gasteiger partial charge in [-0.3, -0.25) is 13.9 Å². The van der Waals surface area contributed by atoms with Crippen LogP contribution in [0.15, 0.2) is 82.2 Å². The molecule has 0 aliphatic rings. The number of rotatable bonds is 10. The number of nitrogens with one attached hydrogen (secondary N) is 1. The highest BCUT2D eigenvalue weighted by atomic mass is 79.9. The Morgan fingerprint density at radius 3 is 2.12 bits per heavy atom. The molecule has 0 saturated heterocycles. The maximum Gasteiger partial charge on any atom is 0.416 e. The number of carbonyl (C=O) groups is 2. The Kier molecular flexibility index (Phi) is 10.2. The van der Waals surface area contributed by atoms with E-state index in [4.69, 9.17) is 0 Å². The lowest BCUT2D eigenvalue weighted by molar-refractivity contribution is -0.139. The first-order valence-corrected chi connectivity index (χ1v) is 14.9. The zero-order chi connectivity index (χ0) is 30.5. The summed E-state index contributed by atoms with van der Waals surface area (Å²) in [6, 6.07) is 15.3. The molecule has 0 aliphatic heterocycles. The van der Waals surface area contributed by atoms with E-state index in [9.17, 15) is 31.2 Å². The quantitative estimate of drug-likeness (QED) is 0.295. The largest absolute Gasteiger partial charge is 0.416 e.